The Bertz CT molecular complexity index is 365. The maximum atomic E-state index is 9.82. The number of rotatable bonds is 3. The van der Waals surface area contributed by atoms with E-state index in [2.05, 4.69) is 4.90 Å². The lowest BCUT2D eigenvalue weighted by Crippen LogP contribution is -2.20. The highest BCUT2D eigenvalue weighted by Gasteiger charge is 2.71. The van der Waals surface area contributed by atoms with Crippen molar-refractivity contribution in [2.45, 2.75) is 11.6 Å². The fraction of sp³-hybridized carbons (Fsp3) is 0.333. The van der Waals surface area contributed by atoms with Gasteiger partial charge in [-0.05, 0) is 5.56 Å². The lowest BCUT2D eigenvalue weighted by Gasteiger charge is -2.04. The van der Waals surface area contributed by atoms with Crippen molar-refractivity contribution in [2.24, 2.45) is 0 Å². The normalized spacial score (nSPS) is 35.4. The average molecular weight is 187 g/mol. The lowest BCUT2D eigenvalue weighted by atomic mass is 10.1. The number of fused-ring (bicyclic) bond motifs is 1. The number of nitrogens with zero attached hydrogens (tertiary/aromatic N) is 1. The second kappa shape index (κ2) is 2.69. The maximum absolute atomic E-state index is 9.82. The van der Waals surface area contributed by atoms with Gasteiger partial charge in [-0.3, -0.25) is 4.90 Å². The third kappa shape index (κ3) is 1.19. The van der Waals surface area contributed by atoms with E-state index in [1.54, 1.807) is 0 Å². The zero-order chi connectivity index (χ0) is 9.60. The second-order valence-electron chi connectivity index (χ2n) is 4.17. The van der Waals surface area contributed by atoms with Gasteiger partial charge in [0.05, 0.1) is 11.6 Å². The summed E-state index contributed by atoms with van der Waals surface area (Å²) in [4.78, 5) is 2.27. The lowest BCUT2D eigenvalue weighted by molar-refractivity contribution is 0.206. The van der Waals surface area contributed by atoms with Gasteiger partial charge in [-0.15, -0.1) is 0 Å². The molecule has 0 radical (unpaired) electrons. The summed E-state index contributed by atoms with van der Waals surface area (Å²) in [5.41, 5.74) is 1.31. The third-order valence-electron chi connectivity index (χ3n) is 3.17. The van der Waals surface area contributed by atoms with Crippen LogP contribution in [0.25, 0.3) is 6.08 Å². The van der Waals surface area contributed by atoms with E-state index in [0.29, 0.717) is 0 Å². The Labute approximate surface area is 83.5 Å². The summed E-state index contributed by atoms with van der Waals surface area (Å²) in [5, 5.41) is 9.82. The average Bonchev–Trinajstić information content (AvgIpc) is 3.03. The third-order valence-corrected chi connectivity index (χ3v) is 3.17. The molecule has 2 saturated heterocycles. The van der Waals surface area contributed by atoms with Gasteiger partial charge in [-0.2, -0.15) is 0 Å². The molecule has 1 aromatic carbocycles. The molecule has 1 N–H and O–H groups in total. The fourth-order valence-corrected chi connectivity index (χ4v) is 1.86. The van der Waals surface area contributed by atoms with E-state index in [4.69, 9.17) is 0 Å². The summed E-state index contributed by atoms with van der Waals surface area (Å²) in [6.45, 7) is 2.15. The molecule has 1 aromatic rings. The Kier molecular flexibility index (Phi) is 1.58. The Hall–Kier alpha value is -1.12. The van der Waals surface area contributed by atoms with Crippen LogP contribution < -0.4 is 0 Å². The highest BCUT2D eigenvalue weighted by Crippen LogP contribution is 2.51. The van der Waals surface area contributed by atoms with Gasteiger partial charge in [0, 0.05) is 13.1 Å². The summed E-state index contributed by atoms with van der Waals surface area (Å²) in [5.74, 6) is 0. The van der Waals surface area contributed by atoms with E-state index >= 15 is 0 Å². The predicted molar refractivity (Wildman–Crippen MR) is 55.8 cm³/mol. The van der Waals surface area contributed by atoms with Gasteiger partial charge in [0.2, 0.25) is 0 Å². The Morgan fingerprint density at radius 2 is 1.93 bits per heavy atom. The number of hydrogen-bond acceptors (Lipinski definition) is 2. The summed E-state index contributed by atoms with van der Waals surface area (Å²) in [6, 6.07) is 10.1. The van der Waals surface area contributed by atoms with E-state index in [1.807, 2.05) is 42.5 Å². The molecule has 0 bridgehead atoms. The van der Waals surface area contributed by atoms with E-state index in [1.165, 1.54) is 0 Å². The molecular formula is C12H13NO. The Morgan fingerprint density at radius 1 is 1.29 bits per heavy atom. The quantitative estimate of drug-likeness (QED) is 0.717. The number of hydrogen-bond donors (Lipinski definition) is 1. The van der Waals surface area contributed by atoms with Gasteiger partial charge < -0.3 is 5.11 Å². The van der Waals surface area contributed by atoms with E-state index in [-0.39, 0.29) is 11.6 Å². The molecule has 0 saturated carbocycles. The first-order chi connectivity index (χ1) is 6.81. The van der Waals surface area contributed by atoms with Gasteiger partial charge in [0.25, 0.3) is 0 Å². The zero-order valence-electron chi connectivity index (χ0n) is 7.93. The van der Waals surface area contributed by atoms with Gasteiger partial charge in [-0.25, -0.2) is 0 Å². The van der Waals surface area contributed by atoms with Crippen LogP contribution in [0.5, 0.6) is 0 Å². The van der Waals surface area contributed by atoms with E-state index in [0.717, 1.165) is 18.7 Å². The standard InChI is InChI=1S/C12H13NO/c14-11(12-8-13(12)9-12)7-6-10-4-2-1-3-5-10/h1-7,11,14H,8-9H2/b7-6+. The molecule has 14 heavy (non-hydrogen) atoms. The summed E-state index contributed by atoms with van der Waals surface area (Å²) in [7, 11) is 0. The molecule has 2 fully saturated rings. The van der Waals surface area contributed by atoms with Crippen LogP contribution in [0.2, 0.25) is 0 Å². The molecule has 0 spiro atoms. The largest absolute Gasteiger partial charge is 0.387 e. The van der Waals surface area contributed by atoms with Crippen LogP contribution >= 0.6 is 0 Å². The molecule has 1 unspecified atom stereocenters. The van der Waals surface area contributed by atoms with Crippen molar-refractivity contribution in [1.29, 1.82) is 0 Å². The van der Waals surface area contributed by atoms with Gasteiger partial charge >= 0.3 is 0 Å². The SMILES string of the molecule is OC(/C=C/c1ccccc1)C12CN1C2. The minimum atomic E-state index is -0.289. The van der Waals surface area contributed by atoms with Crippen molar-refractivity contribution in [3.63, 3.8) is 0 Å². The van der Waals surface area contributed by atoms with Gasteiger partial charge in [0.1, 0.15) is 0 Å². The Balaban J connectivity index is 1.69. The Morgan fingerprint density at radius 3 is 2.50 bits per heavy atom. The van der Waals surface area contributed by atoms with Crippen LogP contribution in [0.1, 0.15) is 5.56 Å². The molecule has 2 heteroatoms. The van der Waals surface area contributed by atoms with Crippen LogP contribution in [0.4, 0.5) is 0 Å². The fourth-order valence-electron chi connectivity index (χ4n) is 1.86. The smallest absolute Gasteiger partial charge is 0.0933 e. The molecule has 1 atom stereocenters. The number of benzene rings is 1. The van der Waals surface area contributed by atoms with Crippen molar-refractivity contribution in [3.05, 3.63) is 42.0 Å². The summed E-state index contributed by atoms with van der Waals surface area (Å²) >= 11 is 0. The molecule has 72 valence electrons. The van der Waals surface area contributed by atoms with Crippen LogP contribution in [0.3, 0.4) is 0 Å². The van der Waals surface area contributed by atoms with Crippen molar-refractivity contribution in [1.82, 2.24) is 4.90 Å². The summed E-state index contributed by atoms with van der Waals surface area (Å²) in [6.07, 6.45) is 3.61. The summed E-state index contributed by atoms with van der Waals surface area (Å²) < 4.78 is 0. The number of aliphatic hydroxyl groups excluding tert-OH is 1. The predicted octanol–water partition coefficient (Wildman–Crippen LogP) is 1.13. The van der Waals surface area contributed by atoms with Crippen LogP contribution in [-0.2, 0) is 0 Å². The van der Waals surface area contributed by atoms with Crippen LogP contribution in [-0.4, -0.2) is 34.7 Å². The molecule has 0 aliphatic carbocycles. The van der Waals surface area contributed by atoms with Crippen molar-refractivity contribution < 1.29 is 5.11 Å². The van der Waals surface area contributed by atoms with Crippen LogP contribution in [0.15, 0.2) is 36.4 Å². The molecule has 2 aliphatic heterocycles. The van der Waals surface area contributed by atoms with E-state index < -0.39 is 0 Å². The monoisotopic (exact) mass is 187 g/mol. The first-order valence-corrected chi connectivity index (χ1v) is 4.98. The molecule has 0 aromatic heterocycles. The first-order valence-electron chi connectivity index (χ1n) is 4.98. The van der Waals surface area contributed by atoms with Crippen molar-refractivity contribution >= 4 is 6.08 Å². The molecular weight excluding hydrogens is 174 g/mol. The zero-order valence-corrected chi connectivity index (χ0v) is 7.93. The molecule has 2 aliphatic rings. The molecule has 2 heterocycles. The highest BCUT2D eigenvalue weighted by atomic mass is 16.3. The molecule has 3 rings (SSSR count). The van der Waals surface area contributed by atoms with E-state index in [9.17, 15) is 5.11 Å². The van der Waals surface area contributed by atoms with Crippen molar-refractivity contribution in [2.75, 3.05) is 13.1 Å². The molecule has 2 nitrogen and oxygen atoms in total. The minimum absolute atomic E-state index is 0.158. The minimum Gasteiger partial charge on any atom is -0.387 e. The van der Waals surface area contributed by atoms with Crippen LogP contribution in [0, 0.1) is 0 Å². The van der Waals surface area contributed by atoms with Gasteiger partial charge in [-0.1, -0.05) is 42.5 Å². The highest BCUT2D eigenvalue weighted by molar-refractivity contribution is 5.51. The van der Waals surface area contributed by atoms with Crippen molar-refractivity contribution in [3.8, 4) is 0 Å². The second-order valence-corrected chi connectivity index (χ2v) is 4.17. The van der Waals surface area contributed by atoms with Gasteiger partial charge in [0.15, 0.2) is 0 Å². The molecule has 0 amide bonds. The first kappa shape index (κ1) is 8.21. The maximum Gasteiger partial charge on any atom is 0.0933 e. The number of aliphatic hydroxyl groups is 1. The topological polar surface area (TPSA) is 23.2 Å².